The minimum absolute atomic E-state index is 0.0922. The average Bonchev–Trinajstić information content (AvgIpc) is 2.31. The van der Waals surface area contributed by atoms with Crippen molar-refractivity contribution in [2.24, 2.45) is 5.92 Å². The van der Waals surface area contributed by atoms with Crippen molar-refractivity contribution in [2.75, 3.05) is 39.8 Å². The van der Waals surface area contributed by atoms with Crippen LogP contribution < -0.4 is 10.7 Å². The van der Waals surface area contributed by atoms with Crippen molar-refractivity contribution in [1.82, 2.24) is 20.7 Å². The van der Waals surface area contributed by atoms with Gasteiger partial charge in [0.25, 0.3) is 0 Å². The fourth-order valence-corrected chi connectivity index (χ4v) is 1.91. The molecule has 18 heavy (non-hydrogen) atoms. The number of piperazine rings is 1. The van der Waals surface area contributed by atoms with Gasteiger partial charge in [-0.15, -0.1) is 0 Å². The highest BCUT2D eigenvalue weighted by atomic mass is 16.2. The number of carbonyl (C=O) groups is 1. The van der Waals surface area contributed by atoms with Crippen LogP contribution in [0.2, 0.25) is 0 Å². The van der Waals surface area contributed by atoms with E-state index in [0.717, 1.165) is 39.1 Å². The number of carbonyl (C=O) groups excluding carboxylic acids is 1. The molecule has 0 aromatic rings. The summed E-state index contributed by atoms with van der Waals surface area (Å²) in [5, 5.41) is 5.12. The molecule has 0 saturated carbocycles. The van der Waals surface area contributed by atoms with Crippen LogP contribution in [0, 0.1) is 5.92 Å². The summed E-state index contributed by atoms with van der Waals surface area (Å²) >= 11 is 0. The van der Waals surface area contributed by atoms with E-state index in [9.17, 15) is 4.79 Å². The fraction of sp³-hybridized carbons (Fsp3) is 0.923. The summed E-state index contributed by atoms with van der Waals surface area (Å²) in [7, 11) is 2.12. The molecule has 1 aliphatic rings. The topological polar surface area (TPSA) is 47.6 Å². The molecule has 1 unspecified atom stereocenters. The van der Waals surface area contributed by atoms with E-state index in [1.807, 2.05) is 6.92 Å². The molecular weight excluding hydrogens is 228 g/mol. The first-order chi connectivity index (χ1) is 8.49. The predicted octanol–water partition coefficient (Wildman–Crippen LogP) is 0.289. The van der Waals surface area contributed by atoms with Crippen molar-refractivity contribution in [2.45, 2.75) is 33.2 Å². The number of hydrogen-bond acceptors (Lipinski definition) is 4. The molecule has 1 saturated heterocycles. The van der Waals surface area contributed by atoms with Crippen LogP contribution in [-0.4, -0.2) is 61.6 Å². The molecule has 5 nitrogen and oxygen atoms in total. The maximum absolute atomic E-state index is 11.9. The molecule has 0 aromatic carbocycles. The highest BCUT2D eigenvalue weighted by Gasteiger charge is 2.19. The molecule has 1 aliphatic heterocycles. The standard InChI is InChI=1S/C13H28N4O/c1-11(2)5-6-14-13(18)12(3)15-17-9-7-16(4)8-10-17/h11-12,15H,5-10H2,1-4H3,(H,14,18). The Morgan fingerprint density at radius 2 is 1.78 bits per heavy atom. The molecule has 1 rings (SSSR count). The van der Waals surface area contributed by atoms with Gasteiger partial charge in [-0.25, -0.2) is 10.4 Å². The van der Waals surface area contributed by atoms with E-state index in [4.69, 9.17) is 0 Å². The second-order valence-electron chi connectivity index (χ2n) is 5.61. The minimum atomic E-state index is -0.152. The Labute approximate surface area is 111 Å². The van der Waals surface area contributed by atoms with Crippen LogP contribution in [0.5, 0.6) is 0 Å². The third-order valence-corrected chi connectivity index (χ3v) is 3.29. The second kappa shape index (κ2) is 7.71. The van der Waals surface area contributed by atoms with E-state index in [-0.39, 0.29) is 11.9 Å². The number of rotatable bonds is 6. The van der Waals surface area contributed by atoms with Crippen LogP contribution in [0.15, 0.2) is 0 Å². The van der Waals surface area contributed by atoms with Gasteiger partial charge in [0.2, 0.25) is 5.91 Å². The first-order valence-electron chi connectivity index (χ1n) is 6.96. The van der Waals surface area contributed by atoms with Gasteiger partial charge in [0.1, 0.15) is 0 Å². The highest BCUT2D eigenvalue weighted by molar-refractivity contribution is 5.81. The van der Waals surface area contributed by atoms with Crippen molar-refractivity contribution in [3.63, 3.8) is 0 Å². The Balaban J connectivity index is 2.18. The molecule has 1 heterocycles. The van der Waals surface area contributed by atoms with Crippen LogP contribution in [0.1, 0.15) is 27.2 Å². The SMILES string of the molecule is CC(C)CCNC(=O)C(C)NN1CCN(C)CC1. The quantitative estimate of drug-likeness (QED) is 0.717. The van der Waals surface area contributed by atoms with Crippen LogP contribution >= 0.6 is 0 Å². The van der Waals surface area contributed by atoms with Gasteiger partial charge in [0.15, 0.2) is 0 Å². The first kappa shape index (κ1) is 15.4. The maximum Gasteiger partial charge on any atom is 0.238 e. The number of hydrazine groups is 1. The maximum atomic E-state index is 11.9. The molecule has 0 bridgehead atoms. The van der Waals surface area contributed by atoms with Crippen LogP contribution in [0.3, 0.4) is 0 Å². The monoisotopic (exact) mass is 256 g/mol. The van der Waals surface area contributed by atoms with E-state index in [2.05, 4.69) is 41.5 Å². The lowest BCUT2D eigenvalue weighted by Gasteiger charge is -2.34. The fourth-order valence-electron chi connectivity index (χ4n) is 1.91. The Kier molecular flexibility index (Phi) is 6.60. The number of hydrogen-bond donors (Lipinski definition) is 2. The van der Waals surface area contributed by atoms with E-state index in [1.165, 1.54) is 0 Å². The first-order valence-corrected chi connectivity index (χ1v) is 6.96. The lowest BCUT2D eigenvalue weighted by Crippen LogP contribution is -2.56. The number of amides is 1. The van der Waals surface area contributed by atoms with Crippen LogP contribution in [-0.2, 0) is 4.79 Å². The van der Waals surface area contributed by atoms with Gasteiger partial charge in [0, 0.05) is 32.7 Å². The summed E-state index contributed by atoms with van der Waals surface area (Å²) in [6.45, 7) is 11.1. The van der Waals surface area contributed by atoms with Gasteiger partial charge in [-0.05, 0) is 26.3 Å². The molecule has 0 aliphatic carbocycles. The molecule has 1 amide bonds. The smallest absolute Gasteiger partial charge is 0.238 e. The lowest BCUT2D eigenvalue weighted by atomic mass is 10.1. The summed E-state index contributed by atoms with van der Waals surface area (Å²) in [5.74, 6) is 0.723. The zero-order valence-corrected chi connectivity index (χ0v) is 12.2. The van der Waals surface area contributed by atoms with Crippen LogP contribution in [0.25, 0.3) is 0 Å². The van der Waals surface area contributed by atoms with Crippen molar-refractivity contribution >= 4 is 5.91 Å². The summed E-state index contributed by atoms with van der Waals surface area (Å²) in [6, 6.07) is -0.152. The number of nitrogens with zero attached hydrogens (tertiary/aromatic N) is 2. The van der Waals surface area contributed by atoms with Crippen molar-refractivity contribution in [3.8, 4) is 0 Å². The molecular formula is C13H28N4O. The van der Waals surface area contributed by atoms with Gasteiger partial charge in [0.05, 0.1) is 6.04 Å². The zero-order valence-electron chi connectivity index (χ0n) is 12.2. The van der Waals surface area contributed by atoms with Crippen molar-refractivity contribution in [3.05, 3.63) is 0 Å². The Hall–Kier alpha value is -0.650. The molecule has 106 valence electrons. The minimum Gasteiger partial charge on any atom is -0.355 e. The molecule has 0 aromatic heterocycles. The van der Waals surface area contributed by atoms with Gasteiger partial charge in [-0.1, -0.05) is 13.8 Å². The summed E-state index contributed by atoms with van der Waals surface area (Å²) in [6.07, 6.45) is 1.03. The number of likely N-dealkylation sites (N-methyl/N-ethyl adjacent to an activating group) is 1. The Morgan fingerprint density at radius 3 is 2.33 bits per heavy atom. The highest BCUT2D eigenvalue weighted by Crippen LogP contribution is 1.98. The van der Waals surface area contributed by atoms with E-state index in [0.29, 0.717) is 5.92 Å². The van der Waals surface area contributed by atoms with Crippen molar-refractivity contribution in [1.29, 1.82) is 0 Å². The number of nitrogens with one attached hydrogen (secondary N) is 2. The third-order valence-electron chi connectivity index (χ3n) is 3.29. The normalized spacial score (nSPS) is 20.1. The van der Waals surface area contributed by atoms with Gasteiger partial charge < -0.3 is 10.2 Å². The summed E-state index contributed by atoms with van der Waals surface area (Å²) < 4.78 is 0. The van der Waals surface area contributed by atoms with E-state index in [1.54, 1.807) is 0 Å². The summed E-state index contributed by atoms with van der Waals surface area (Å²) in [4.78, 5) is 14.1. The summed E-state index contributed by atoms with van der Waals surface area (Å²) in [5.41, 5.74) is 3.27. The Bertz CT molecular complexity index is 249. The van der Waals surface area contributed by atoms with Gasteiger partial charge in [-0.3, -0.25) is 4.79 Å². The zero-order chi connectivity index (χ0) is 13.5. The van der Waals surface area contributed by atoms with Gasteiger partial charge >= 0.3 is 0 Å². The second-order valence-corrected chi connectivity index (χ2v) is 5.61. The molecule has 0 spiro atoms. The molecule has 5 heteroatoms. The van der Waals surface area contributed by atoms with Crippen LogP contribution in [0.4, 0.5) is 0 Å². The molecule has 1 atom stereocenters. The lowest BCUT2D eigenvalue weighted by molar-refractivity contribution is -0.124. The Morgan fingerprint density at radius 1 is 1.17 bits per heavy atom. The predicted molar refractivity (Wildman–Crippen MR) is 74.1 cm³/mol. The van der Waals surface area contributed by atoms with Gasteiger partial charge in [-0.2, -0.15) is 0 Å². The molecule has 0 radical (unpaired) electrons. The van der Waals surface area contributed by atoms with E-state index >= 15 is 0 Å². The average molecular weight is 256 g/mol. The third kappa shape index (κ3) is 5.80. The van der Waals surface area contributed by atoms with Crippen molar-refractivity contribution < 1.29 is 4.79 Å². The molecule has 1 fully saturated rings. The largest absolute Gasteiger partial charge is 0.355 e. The molecule has 2 N–H and O–H groups in total. The van der Waals surface area contributed by atoms with E-state index < -0.39 is 0 Å².